The predicted octanol–water partition coefficient (Wildman–Crippen LogP) is 8.30. The maximum Gasteiger partial charge on any atom is 0.220 e. The Kier molecular flexibility index (Phi) is 9.57. The molecule has 2 spiro atoms. The third-order valence-electron chi connectivity index (χ3n) is 10.3. The van der Waals surface area contributed by atoms with Gasteiger partial charge in [0.1, 0.15) is 53.2 Å². The highest BCUT2D eigenvalue weighted by Crippen LogP contribution is 2.54. The second-order valence-corrected chi connectivity index (χ2v) is 14.9. The molecule has 0 aliphatic carbocycles. The van der Waals surface area contributed by atoms with Gasteiger partial charge in [-0.1, -0.05) is 22.0 Å². The molecule has 59 heavy (non-hydrogen) atoms. The molecule has 11 nitrogen and oxygen atoms in total. The molecule has 6 aromatic rings. The van der Waals surface area contributed by atoms with E-state index in [1.807, 2.05) is 12.1 Å². The van der Waals surface area contributed by atoms with E-state index < -0.39 is 34.6 Å². The van der Waals surface area contributed by atoms with Crippen LogP contribution in [-0.2, 0) is 20.6 Å². The first kappa shape index (κ1) is 38.2. The summed E-state index contributed by atoms with van der Waals surface area (Å²) in [5, 5.41) is 0. The molecule has 4 N–H and O–H groups in total. The minimum atomic E-state index is -1.26. The summed E-state index contributed by atoms with van der Waals surface area (Å²) in [5.74, 6) is -0.586. The van der Waals surface area contributed by atoms with Gasteiger partial charge < -0.3 is 35.2 Å². The van der Waals surface area contributed by atoms with E-state index in [9.17, 15) is 13.2 Å². The lowest BCUT2D eigenvalue weighted by Gasteiger charge is -2.39. The van der Waals surface area contributed by atoms with Gasteiger partial charge in [-0.15, -0.1) is 0 Å². The highest BCUT2D eigenvalue weighted by Gasteiger charge is 2.47. The number of halogens is 5. The summed E-state index contributed by atoms with van der Waals surface area (Å²) < 4.78 is 87.6. The fourth-order valence-corrected chi connectivity index (χ4v) is 8.13. The first-order valence-electron chi connectivity index (χ1n) is 18.1. The molecule has 10 rings (SSSR count). The van der Waals surface area contributed by atoms with Gasteiger partial charge >= 0.3 is 0 Å². The molecule has 0 fully saturated rings. The molecule has 0 bridgehead atoms. The Bertz CT molecular complexity index is 2750. The molecular weight excluding hydrogens is 836 g/mol. The Hall–Kier alpha value is -6.36. The lowest BCUT2D eigenvalue weighted by atomic mass is 9.78. The number of nitrogens with two attached hydrogens (primary N) is 2. The molecule has 0 radical (unpaired) electrons. The fraction of sp³-hybridized carbons (Fsp3) is 0.163. The van der Waals surface area contributed by atoms with Crippen LogP contribution < -0.4 is 25.7 Å². The van der Waals surface area contributed by atoms with E-state index in [4.69, 9.17) is 40.1 Å². The summed E-state index contributed by atoms with van der Waals surface area (Å²) >= 11 is 3.46. The van der Waals surface area contributed by atoms with Gasteiger partial charge in [-0.25, -0.2) is 18.7 Å². The second kappa shape index (κ2) is 14.8. The Balaban J connectivity index is 0.000000163. The SMILES string of the molecule is COc1cc(F)c2c(c1)C1(COCC(N)=N1)c1cc(Br)ccc1O2.NC1=N[C@@]2(COC1)c1cc(-c3cccnc3F)ccc1Oc1c(F)cc(-c3ccnc(F)c3)cc12. The average Bonchev–Trinajstić information content (AvgIpc) is 3.22. The van der Waals surface area contributed by atoms with Crippen LogP contribution in [0.25, 0.3) is 22.3 Å². The average molecular weight is 868 g/mol. The van der Waals surface area contributed by atoms with Crippen LogP contribution in [0.2, 0.25) is 0 Å². The molecule has 6 heterocycles. The van der Waals surface area contributed by atoms with Crippen molar-refractivity contribution in [2.24, 2.45) is 21.5 Å². The third-order valence-corrected chi connectivity index (χ3v) is 10.8. The summed E-state index contributed by atoms with van der Waals surface area (Å²) in [7, 11) is 1.48. The first-order chi connectivity index (χ1) is 28.5. The molecule has 298 valence electrons. The van der Waals surface area contributed by atoms with Crippen molar-refractivity contribution in [3.05, 3.63) is 148 Å². The van der Waals surface area contributed by atoms with Gasteiger partial charge in [0.05, 0.1) is 20.3 Å². The number of methoxy groups -OCH3 is 1. The molecule has 4 aliphatic rings. The Labute approximate surface area is 342 Å². The Morgan fingerprint density at radius 2 is 1.27 bits per heavy atom. The van der Waals surface area contributed by atoms with Crippen LogP contribution in [0.3, 0.4) is 0 Å². The summed E-state index contributed by atoms with van der Waals surface area (Å²) in [5.41, 5.74) is 13.7. The van der Waals surface area contributed by atoms with Crippen molar-refractivity contribution >= 4 is 27.6 Å². The van der Waals surface area contributed by atoms with E-state index in [0.717, 1.165) is 10.0 Å². The minimum Gasteiger partial charge on any atom is -0.497 e. The molecule has 4 aromatic carbocycles. The molecule has 2 aromatic heterocycles. The standard InChI is InChI=1S/C26H17F3N4O2.C17H14BrFN2O3/c27-20-10-16(14-5-7-31-22(28)11-14)9-19-24(20)35-21-4-3-15(17-2-1-6-32-25(17)29)8-18(21)26(19)13-34-12-23(30)33-26;1-22-10-5-12-16(13(19)6-10)24-14-3-2-9(18)4-11(14)17(12)8-23-7-15(20)21-17/h1-11H,12-13H2,(H2,30,33);2-6H,7-8H2,1H3,(H2,20,21)/t26-;/m0./s1. The summed E-state index contributed by atoms with van der Waals surface area (Å²) in [4.78, 5) is 16.7. The number of fused-ring (bicyclic) bond motifs is 8. The van der Waals surface area contributed by atoms with Crippen molar-refractivity contribution in [3.8, 4) is 51.0 Å². The lowest BCUT2D eigenvalue weighted by Crippen LogP contribution is -2.42. The molecule has 1 unspecified atom stereocenters. The van der Waals surface area contributed by atoms with Crippen LogP contribution in [-0.4, -0.2) is 55.2 Å². The number of aromatic nitrogens is 2. The van der Waals surface area contributed by atoms with Crippen LogP contribution in [0.15, 0.2) is 112 Å². The largest absolute Gasteiger partial charge is 0.497 e. The number of pyridine rings is 2. The summed E-state index contributed by atoms with van der Waals surface area (Å²) in [6, 6.07) is 22.5. The van der Waals surface area contributed by atoms with Crippen molar-refractivity contribution < 1.29 is 41.2 Å². The van der Waals surface area contributed by atoms with Gasteiger partial charge in [0.25, 0.3) is 0 Å². The van der Waals surface area contributed by atoms with Crippen molar-refractivity contribution in [2.45, 2.75) is 11.1 Å². The van der Waals surface area contributed by atoms with Crippen LogP contribution in [0.5, 0.6) is 28.7 Å². The van der Waals surface area contributed by atoms with E-state index >= 15 is 4.39 Å². The quantitative estimate of drug-likeness (QED) is 0.132. The maximum absolute atomic E-state index is 15.4. The van der Waals surface area contributed by atoms with Crippen LogP contribution in [0.1, 0.15) is 22.3 Å². The monoisotopic (exact) mass is 866 g/mol. The van der Waals surface area contributed by atoms with E-state index in [1.165, 1.54) is 37.7 Å². The highest BCUT2D eigenvalue weighted by molar-refractivity contribution is 9.10. The highest BCUT2D eigenvalue weighted by atomic mass is 79.9. The zero-order valence-electron chi connectivity index (χ0n) is 30.9. The summed E-state index contributed by atoms with van der Waals surface area (Å²) in [6.07, 6.45) is 2.67. The van der Waals surface area contributed by atoms with Gasteiger partial charge in [-0.3, -0.25) is 9.98 Å². The van der Waals surface area contributed by atoms with E-state index in [0.29, 0.717) is 56.5 Å². The van der Waals surface area contributed by atoms with Gasteiger partial charge in [0, 0.05) is 56.8 Å². The van der Waals surface area contributed by atoms with E-state index in [1.54, 1.807) is 54.6 Å². The molecule has 0 saturated heterocycles. The molecule has 0 amide bonds. The third kappa shape index (κ3) is 6.62. The number of benzene rings is 4. The van der Waals surface area contributed by atoms with Crippen molar-refractivity contribution in [1.29, 1.82) is 0 Å². The number of rotatable bonds is 3. The topological polar surface area (TPSA) is 149 Å². The molecular formula is C43H31BrF4N6O5. The Morgan fingerprint density at radius 1 is 0.644 bits per heavy atom. The molecule has 4 aliphatic heterocycles. The van der Waals surface area contributed by atoms with E-state index in [2.05, 4.69) is 30.9 Å². The van der Waals surface area contributed by atoms with Gasteiger partial charge in [0.15, 0.2) is 23.1 Å². The number of amidine groups is 2. The lowest BCUT2D eigenvalue weighted by molar-refractivity contribution is 0.109. The Morgan fingerprint density at radius 3 is 1.92 bits per heavy atom. The smallest absolute Gasteiger partial charge is 0.220 e. The first-order valence-corrected chi connectivity index (χ1v) is 18.9. The molecule has 2 atom stereocenters. The fourth-order valence-electron chi connectivity index (χ4n) is 7.76. The maximum atomic E-state index is 15.4. The number of ether oxygens (including phenoxy) is 5. The number of hydrogen-bond donors (Lipinski definition) is 2. The van der Waals surface area contributed by atoms with Crippen molar-refractivity contribution in [3.63, 3.8) is 0 Å². The molecule has 0 saturated carbocycles. The predicted molar refractivity (Wildman–Crippen MR) is 213 cm³/mol. The van der Waals surface area contributed by atoms with Crippen LogP contribution >= 0.6 is 15.9 Å². The zero-order valence-corrected chi connectivity index (χ0v) is 32.5. The minimum absolute atomic E-state index is 0.0295. The second-order valence-electron chi connectivity index (χ2n) is 14.0. The molecule has 16 heteroatoms. The summed E-state index contributed by atoms with van der Waals surface area (Å²) in [6.45, 7) is 0.638. The number of hydrogen-bond acceptors (Lipinski definition) is 11. The zero-order chi connectivity index (χ0) is 41.1. The van der Waals surface area contributed by atoms with Crippen molar-refractivity contribution in [1.82, 2.24) is 9.97 Å². The van der Waals surface area contributed by atoms with Crippen LogP contribution in [0.4, 0.5) is 17.6 Å². The normalized spacial score (nSPS) is 19.7. The van der Waals surface area contributed by atoms with Gasteiger partial charge in [-0.2, -0.15) is 8.78 Å². The van der Waals surface area contributed by atoms with Gasteiger partial charge in [-0.05, 0) is 83.4 Å². The van der Waals surface area contributed by atoms with Gasteiger partial charge in [0.2, 0.25) is 11.9 Å². The number of aliphatic imine (C=N–C) groups is 2. The van der Waals surface area contributed by atoms with Crippen LogP contribution in [0, 0.1) is 23.5 Å². The van der Waals surface area contributed by atoms with E-state index in [-0.39, 0.29) is 49.3 Å². The van der Waals surface area contributed by atoms with Crippen molar-refractivity contribution in [2.75, 3.05) is 33.5 Å². The number of nitrogens with zero attached hydrogens (tertiary/aromatic N) is 4.